The molecule has 6 heteroatoms. The van der Waals surface area contributed by atoms with Crippen molar-refractivity contribution in [3.8, 4) is 0 Å². The third kappa shape index (κ3) is 2.57. The molecule has 1 aliphatic heterocycles. The second-order valence-electron chi connectivity index (χ2n) is 5.22. The van der Waals surface area contributed by atoms with E-state index in [1.165, 1.54) is 4.31 Å². The van der Waals surface area contributed by atoms with Gasteiger partial charge < -0.3 is 0 Å². The number of carbonyl (C=O) groups is 1. The van der Waals surface area contributed by atoms with E-state index in [-0.39, 0.29) is 23.6 Å². The minimum Gasteiger partial charge on any atom is -0.294 e. The van der Waals surface area contributed by atoms with E-state index in [0.717, 1.165) is 10.0 Å². The standard InChI is InChI=1S/C16H14BrNO3S/c1-11-2-5-13(6-3-11)22(20,21)18-9-8-16(19)14-7-4-12(17)10-15(14)18/h2-7,10H,8-9H2,1H3. The van der Waals surface area contributed by atoms with Gasteiger partial charge in [0.15, 0.2) is 5.78 Å². The maximum absolute atomic E-state index is 12.9. The van der Waals surface area contributed by atoms with Gasteiger partial charge in [0.05, 0.1) is 10.6 Å². The predicted octanol–water partition coefficient (Wildman–Crippen LogP) is 3.54. The van der Waals surface area contributed by atoms with Crippen LogP contribution in [0.1, 0.15) is 22.3 Å². The number of hydrogen-bond donors (Lipinski definition) is 0. The van der Waals surface area contributed by atoms with Crippen LogP contribution in [-0.2, 0) is 10.0 Å². The maximum Gasteiger partial charge on any atom is 0.264 e. The van der Waals surface area contributed by atoms with E-state index in [2.05, 4.69) is 15.9 Å². The van der Waals surface area contributed by atoms with E-state index in [9.17, 15) is 13.2 Å². The fourth-order valence-electron chi connectivity index (χ4n) is 2.49. The van der Waals surface area contributed by atoms with Gasteiger partial charge in [0.1, 0.15) is 0 Å². The van der Waals surface area contributed by atoms with Gasteiger partial charge in [0, 0.05) is 23.0 Å². The third-order valence-corrected chi connectivity index (χ3v) is 6.00. The Morgan fingerprint density at radius 3 is 2.45 bits per heavy atom. The van der Waals surface area contributed by atoms with Gasteiger partial charge in [-0.2, -0.15) is 0 Å². The molecule has 2 aromatic carbocycles. The zero-order valence-corrected chi connectivity index (χ0v) is 14.3. The molecular weight excluding hydrogens is 366 g/mol. The van der Waals surface area contributed by atoms with E-state index in [4.69, 9.17) is 0 Å². The Bertz CT molecular complexity index is 844. The molecular formula is C16H14BrNO3S. The Labute approximate surface area is 137 Å². The van der Waals surface area contributed by atoms with Gasteiger partial charge in [-0.15, -0.1) is 0 Å². The number of hydrogen-bond acceptors (Lipinski definition) is 3. The molecule has 4 nitrogen and oxygen atoms in total. The summed E-state index contributed by atoms with van der Waals surface area (Å²) in [5.74, 6) is -0.0298. The van der Waals surface area contributed by atoms with E-state index >= 15 is 0 Å². The highest BCUT2D eigenvalue weighted by molar-refractivity contribution is 9.10. The first kappa shape index (κ1) is 15.2. The maximum atomic E-state index is 12.9. The number of fused-ring (bicyclic) bond motifs is 1. The topological polar surface area (TPSA) is 54.5 Å². The molecule has 1 heterocycles. The van der Waals surface area contributed by atoms with Crippen LogP contribution in [0, 0.1) is 6.92 Å². The van der Waals surface area contributed by atoms with Crippen LogP contribution in [0.4, 0.5) is 5.69 Å². The average molecular weight is 380 g/mol. The van der Waals surface area contributed by atoms with Crippen LogP contribution in [0.25, 0.3) is 0 Å². The molecule has 0 unspecified atom stereocenters. The molecule has 0 N–H and O–H groups in total. The lowest BCUT2D eigenvalue weighted by Crippen LogP contribution is -2.37. The molecule has 0 spiro atoms. The van der Waals surface area contributed by atoms with Crippen molar-refractivity contribution in [1.82, 2.24) is 0 Å². The first-order valence-electron chi connectivity index (χ1n) is 6.82. The number of anilines is 1. The SMILES string of the molecule is Cc1ccc(S(=O)(=O)N2CCC(=O)c3ccc(Br)cc32)cc1. The molecule has 0 bridgehead atoms. The summed E-state index contributed by atoms with van der Waals surface area (Å²) in [6.45, 7) is 2.07. The molecule has 22 heavy (non-hydrogen) atoms. The first-order valence-corrected chi connectivity index (χ1v) is 9.05. The second-order valence-corrected chi connectivity index (χ2v) is 8.00. The molecule has 3 rings (SSSR count). The lowest BCUT2D eigenvalue weighted by atomic mass is 10.0. The fraction of sp³-hybridized carbons (Fsp3) is 0.188. The van der Waals surface area contributed by atoms with Crippen molar-refractivity contribution in [1.29, 1.82) is 0 Å². The molecule has 0 atom stereocenters. The number of benzene rings is 2. The van der Waals surface area contributed by atoms with E-state index in [1.807, 2.05) is 6.92 Å². The normalized spacial score (nSPS) is 14.8. The van der Waals surface area contributed by atoms with Crippen LogP contribution in [-0.4, -0.2) is 20.7 Å². The average Bonchev–Trinajstić information content (AvgIpc) is 2.47. The number of ketones is 1. The second kappa shape index (κ2) is 5.52. The molecule has 0 fully saturated rings. The molecule has 0 amide bonds. The number of Topliss-reactive ketones (excluding diaryl/α,β-unsaturated/α-hetero) is 1. The minimum atomic E-state index is -3.67. The highest BCUT2D eigenvalue weighted by atomic mass is 79.9. The lowest BCUT2D eigenvalue weighted by molar-refractivity contribution is 0.0982. The lowest BCUT2D eigenvalue weighted by Gasteiger charge is -2.30. The summed E-state index contributed by atoms with van der Waals surface area (Å²) < 4.78 is 27.8. The van der Waals surface area contributed by atoms with Gasteiger partial charge in [-0.05, 0) is 37.3 Å². The van der Waals surface area contributed by atoms with Crippen LogP contribution < -0.4 is 4.31 Å². The predicted molar refractivity (Wildman–Crippen MR) is 88.8 cm³/mol. The quantitative estimate of drug-likeness (QED) is 0.801. The van der Waals surface area contributed by atoms with Gasteiger partial charge in [-0.3, -0.25) is 9.10 Å². The third-order valence-electron chi connectivity index (χ3n) is 3.68. The van der Waals surface area contributed by atoms with Gasteiger partial charge in [0.2, 0.25) is 0 Å². The number of aryl methyl sites for hydroxylation is 1. The molecule has 114 valence electrons. The van der Waals surface area contributed by atoms with Gasteiger partial charge >= 0.3 is 0 Å². The summed E-state index contributed by atoms with van der Waals surface area (Å²) in [6.07, 6.45) is 0.194. The van der Waals surface area contributed by atoms with Gasteiger partial charge in [-0.25, -0.2) is 8.42 Å². The summed E-state index contributed by atoms with van der Waals surface area (Å²) in [5, 5.41) is 0. The number of halogens is 1. The Morgan fingerprint density at radius 2 is 1.77 bits per heavy atom. The van der Waals surface area contributed by atoms with Gasteiger partial charge in [-0.1, -0.05) is 33.6 Å². The smallest absolute Gasteiger partial charge is 0.264 e. The largest absolute Gasteiger partial charge is 0.294 e. The highest BCUT2D eigenvalue weighted by Crippen LogP contribution is 2.34. The molecule has 0 radical (unpaired) electrons. The van der Waals surface area contributed by atoms with E-state index in [1.54, 1.807) is 42.5 Å². The van der Waals surface area contributed by atoms with Crippen LogP contribution in [0.15, 0.2) is 51.8 Å². The first-order chi connectivity index (χ1) is 10.4. The van der Waals surface area contributed by atoms with Gasteiger partial charge in [0.25, 0.3) is 10.0 Å². The van der Waals surface area contributed by atoms with E-state index in [0.29, 0.717) is 11.3 Å². The number of carbonyl (C=O) groups excluding carboxylic acids is 1. The number of rotatable bonds is 2. The molecule has 2 aromatic rings. The molecule has 1 aliphatic rings. The Hall–Kier alpha value is -1.66. The number of sulfonamides is 1. The van der Waals surface area contributed by atoms with Crippen molar-refractivity contribution in [2.75, 3.05) is 10.8 Å². The van der Waals surface area contributed by atoms with E-state index < -0.39 is 10.0 Å². The molecule has 0 saturated carbocycles. The van der Waals surface area contributed by atoms with Crippen molar-refractivity contribution in [2.45, 2.75) is 18.2 Å². The Kier molecular flexibility index (Phi) is 3.82. The zero-order valence-electron chi connectivity index (χ0n) is 11.9. The van der Waals surface area contributed by atoms with Crippen molar-refractivity contribution in [3.63, 3.8) is 0 Å². The summed E-state index contributed by atoms with van der Waals surface area (Å²) in [7, 11) is -3.67. The minimum absolute atomic E-state index is 0.0298. The van der Waals surface area contributed by atoms with Crippen LogP contribution in [0.5, 0.6) is 0 Å². The molecule has 0 aromatic heterocycles. The van der Waals surface area contributed by atoms with Crippen LogP contribution in [0.2, 0.25) is 0 Å². The fourth-order valence-corrected chi connectivity index (χ4v) is 4.32. The zero-order chi connectivity index (χ0) is 15.9. The van der Waals surface area contributed by atoms with Crippen molar-refractivity contribution in [3.05, 3.63) is 58.1 Å². The Morgan fingerprint density at radius 1 is 1.09 bits per heavy atom. The van der Waals surface area contributed by atoms with Crippen molar-refractivity contribution >= 4 is 37.4 Å². The van der Waals surface area contributed by atoms with Crippen LogP contribution in [0.3, 0.4) is 0 Å². The summed E-state index contributed by atoms with van der Waals surface area (Å²) in [6, 6.07) is 11.8. The molecule has 0 aliphatic carbocycles. The highest BCUT2D eigenvalue weighted by Gasteiger charge is 2.32. The van der Waals surface area contributed by atoms with Crippen LogP contribution >= 0.6 is 15.9 Å². The summed E-state index contributed by atoms with van der Waals surface area (Å²) in [5.41, 5.74) is 1.88. The van der Waals surface area contributed by atoms with Crippen molar-refractivity contribution < 1.29 is 13.2 Å². The molecule has 0 saturated heterocycles. The van der Waals surface area contributed by atoms with Crippen molar-refractivity contribution in [2.24, 2.45) is 0 Å². The summed E-state index contributed by atoms with van der Waals surface area (Å²) in [4.78, 5) is 12.2. The number of nitrogens with zero attached hydrogens (tertiary/aromatic N) is 1. The summed E-state index contributed by atoms with van der Waals surface area (Å²) >= 11 is 3.34. The Balaban J connectivity index is 2.13. The monoisotopic (exact) mass is 379 g/mol.